The van der Waals surface area contributed by atoms with Crippen molar-refractivity contribution in [3.8, 4) is 0 Å². The molecule has 3 atom stereocenters. The van der Waals surface area contributed by atoms with Crippen molar-refractivity contribution in [2.75, 3.05) is 26.2 Å². The molecule has 16 heavy (non-hydrogen) atoms. The summed E-state index contributed by atoms with van der Waals surface area (Å²) in [5.41, 5.74) is 0.519. The monoisotopic (exact) mass is 226 g/mol. The van der Waals surface area contributed by atoms with Crippen LogP contribution in [-0.4, -0.2) is 26.2 Å². The van der Waals surface area contributed by atoms with Gasteiger partial charge in [0.1, 0.15) is 0 Å². The van der Waals surface area contributed by atoms with Crippen LogP contribution in [0.3, 0.4) is 0 Å². The van der Waals surface area contributed by atoms with Crippen LogP contribution in [0.15, 0.2) is 0 Å². The van der Waals surface area contributed by atoms with Crippen LogP contribution in [0.1, 0.15) is 41.0 Å². The molecule has 2 aliphatic rings. The largest absolute Gasteiger partial charge is 0.316 e. The molecule has 2 N–H and O–H groups in total. The van der Waals surface area contributed by atoms with E-state index in [2.05, 4.69) is 31.4 Å². The average molecular weight is 226 g/mol. The third-order valence-corrected chi connectivity index (χ3v) is 4.69. The molecule has 2 saturated heterocycles. The van der Waals surface area contributed by atoms with Gasteiger partial charge in [-0.3, -0.25) is 0 Å². The van der Waals surface area contributed by atoms with E-state index in [9.17, 15) is 0 Å². The second-order valence-corrected chi connectivity index (χ2v) is 5.65. The fourth-order valence-electron chi connectivity index (χ4n) is 3.30. The topological polar surface area (TPSA) is 24.1 Å². The molecule has 0 saturated carbocycles. The van der Waals surface area contributed by atoms with E-state index in [1.807, 2.05) is 13.8 Å². The second kappa shape index (κ2) is 6.02. The molecule has 2 heteroatoms. The van der Waals surface area contributed by atoms with Gasteiger partial charge in [0, 0.05) is 6.54 Å². The van der Waals surface area contributed by atoms with Crippen molar-refractivity contribution in [3.63, 3.8) is 0 Å². The average Bonchev–Trinajstić information content (AvgIpc) is 2.32. The van der Waals surface area contributed by atoms with E-state index in [1.165, 1.54) is 32.6 Å². The first-order chi connectivity index (χ1) is 7.64. The minimum Gasteiger partial charge on any atom is -0.316 e. The van der Waals surface area contributed by atoms with Crippen LogP contribution in [0.5, 0.6) is 0 Å². The van der Waals surface area contributed by atoms with Crippen molar-refractivity contribution in [2.45, 2.75) is 41.0 Å². The van der Waals surface area contributed by atoms with E-state index in [1.54, 1.807) is 0 Å². The zero-order valence-corrected chi connectivity index (χ0v) is 11.8. The zero-order valence-electron chi connectivity index (χ0n) is 11.8. The minimum absolute atomic E-state index is 0.519. The first kappa shape index (κ1) is 14.0. The SMILES string of the molecule is CC.CC(C)C1(C)CNCC2CNCCC21. The number of piperidine rings is 2. The van der Waals surface area contributed by atoms with Gasteiger partial charge in [-0.05, 0) is 49.2 Å². The molecule has 0 spiro atoms. The number of hydrogen-bond acceptors (Lipinski definition) is 2. The van der Waals surface area contributed by atoms with E-state index in [0.29, 0.717) is 5.41 Å². The van der Waals surface area contributed by atoms with E-state index in [4.69, 9.17) is 0 Å². The van der Waals surface area contributed by atoms with Crippen molar-refractivity contribution in [3.05, 3.63) is 0 Å². The normalized spacial score (nSPS) is 38.6. The lowest BCUT2D eigenvalue weighted by Gasteiger charge is -2.51. The van der Waals surface area contributed by atoms with Gasteiger partial charge in [0.25, 0.3) is 0 Å². The highest BCUT2D eigenvalue weighted by Crippen LogP contribution is 2.44. The smallest absolute Gasteiger partial charge is 0.00105 e. The predicted octanol–water partition coefficient (Wildman–Crippen LogP) is 2.50. The van der Waals surface area contributed by atoms with Gasteiger partial charge in [0.05, 0.1) is 0 Å². The fourth-order valence-corrected chi connectivity index (χ4v) is 3.30. The Kier molecular flexibility index (Phi) is 5.26. The van der Waals surface area contributed by atoms with Gasteiger partial charge < -0.3 is 10.6 Å². The molecule has 2 heterocycles. The fraction of sp³-hybridized carbons (Fsp3) is 1.00. The Morgan fingerprint density at radius 3 is 2.38 bits per heavy atom. The molecule has 2 rings (SSSR count). The maximum atomic E-state index is 3.62. The highest BCUT2D eigenvalue weighted by Gasteiger charge is 2.44. The van der Waals surface area contributed by atoms with E-state index in [0.717, 1.165) is 17.8 Å². The molecule has 0 aromatic heterocycles. The summed E-state index contributed by atoms with van der Waals surface area (Å²) in [6.45, 7) is 16.1. The Bertz CT molecular complexity index is 201. The van der Waals surface area contributed by atoms with Gasteiger partial charge in [-0.2, -0.15) is 0 Å². The van der Waals surface area contributed by atoms with Crippen molar-refractivity contribution >= 4 is 0 Å². The minimum atomic E-state index is 0.519. The van der Waals surface area contributed by atoms with Gasteiger partial charge in [-0.25, -0.2) is 0 Å². The Hall–Kier alpha value is -0.0800. The molecular formula is C14H30N2. The van der Waals surface area contributed by atoms with Crippen LogP contribution in [-0.2, 0) is 0 Å². The molecule has 3 unspecified atom stereocenters. The van der Waals surface area contributed by atoms with Gasteiger partial charge >= 0.3 is 0 Å². The maximum Gasteiger partial charge on any atom is 0.00105 e. The number of rotatable bonds is 1. The molecule has 0 radical (unpaired) electrons. The van der Waals surface area contributed by atoms with E-state index < -0.39 is 0 Å². The summed E-state index contributed by atoms with van der Waals surface area (Å²) in [7, 11) is 0. The van der Waals surface area contributed by atoms with Crippen molar-refractivity contribution in [1.29, 1.82) is 0 Å². The van der Waals surface area contributed by atoms with Crippen LogP contribution < -0.4 is 10.6 Å². The van der Waals surface area contributed by atoms with Crippen LogP contribution in [0.4, 0.5) is 0 Å². The highest BCUT2D eigenvalue weighted by atomic mass is 15.0. The molecule has 96 valence electrons. The lowest BCUT2D eigenvalue weighted by atomic mass is 9.60. The molecule has 0 aromatic rings. The highest BCUT2D eigenvalue weighted by molar-refractivity contribution is 4.97. The summed E-state index contributed by atoms with van der Waals surface area (Å²) >= 11 is 0. The summed E-state index contributed by atoms with van der Waals surface area (Å²) in [6.07, 6.45) is 1.38. The summed E-state index contributed by atoms with van der Waals surface area (Å²) in [5.74, 6) is 2.59. The molecule has 2 fully saturated rings. The van der Waals surface area contributed by atoms with Crippen LogP contribution in [0.2, 0.25) is 0 Å². The Labute approximate surface area is 102 Å². The Morgan fingerprint density at radius 2 is 1.75 bits per heavy atom. The summed E-state index contributed by atoms with van der Waals surface area (Å²) < 4.78 is 0. The van der Waals surface area contributed by atoms with Gasteiger partial charge in [0.2, 0.25) is 0 Å². The summed E-state index contributed by atoms with van der Waals surface area (Å²) in [5, 5.41) is 7.14. The summed E-state index contributed by atoms with van der Waals surface area (Å²) in [4.78, 5) is 0. The molecule has 0 bridgehead atoms. The van der Waals surface area contributed by atoms with Gasteiger partial charge in [0.15, 0.2) is 0 Å². The third-order valence-electron chi connectivity index (χ3n) is 4.69. The number of hydrogen-bond donors (Lipinski definition) is 2. The maximum absolute atomic E-state index is 3.62. The number of fused-ring (bicyclic) bond motifs is 1. The first-order valence-corrected chi connectivity index (χ1v) is 7.06. The summed E-state index contributed by atoms with van der Waals surface area (Å²) in [6, 6.07) is 0. The molecule has 0 amide bonds. The number of nitrogens with one attached hydrogen (secondary N) is 2. The Balaban J connectivity index is 0.000000606. The van der Waals surface area contributed by atoms with E-state index in [-0.39, 0.29) is 0 Å². The molecular weight excluding hydrogens is 196 g/mol. The lowest BCUT2D eigenvalue weighted by Crippen LogP contribution is -2.57. The van der Waals surface area contributed by atoms with Crippen molar-refractivity contribution < 1.29 is 0 Å². The Morgan fingerprint density at radius 1 is 1.12 bits per heavy atom. The van der Waals surface area contributed by atoms with Crippen LogP contribution in [0, 0.1) is 23.2 Å². The molecule has 0 aromatic carbocycles. The van der Waals surface area contributed by atoms with Crippen molar-refractivity contribution in [1.82, 2.24) is 10.6 Å². The van der Waals surface area contributed by atoms with Gasteiger partial charge in [-0.15, -0.1) is 0 Å². The van der Waals surface area contributed by atoms with Crippen LogP contribution in [0.25, 0.3) is 0 Å². The molecule has 0 aliphatic carbocycles. The van der Waals surface area contributed by atoms with Crippen molar-refractivity contribution in [2.24, 2.45) is 23.2 Å². The molecule has 2 nitrogen and oxygen atoms in total. The first-order valence-electron chi connectivity index (χ1n) is 7.06. The van der Waals surface area contributed by atoms with E-state index >= 15 is 0 Å². The van der Waals surface area contributed by atoms with Gasteiger partial charge in [-0.1, -0.05) is 34.6 Å². The third kappa shape index (κ3) is 2.60. The quantitative estimate of drug-likeness (QED) is 0.718. The van der Waals surface area contributed by atoms with Crippen LogP contribution >= 0.6 is 0 Å². The molecule has 2 aliphatic heterocycles. The zero-order chi connectivity index (χ0) is 12.2. The standard InChI is InChI=1S/C12H24N2.C2H6/c1-9(2)12(3)8-14-7-10-6-13-5-4-11(10)12;1-2/h9-11,13-14H,4-8H2,1-3H3;1-2H3. The second-order valence-electron chi connectivity index (χ2n) is 5.65. The predicted molar refractivity (Wildman–Crippen MR) is 71.6 cm³/mol. The lowest BCUT2D eigenvalue weighted by molar-refractivity contribution is 0.0119.